The molecule has 2 aromatic heterocycles. The molecule has 1 aromatic carbocycles. The van der Waals surface area contributed by atoms with E-state index in [1.165, 1.54) is 4.57 Å². The smallest absolute Gasteiger partial charge is 0.301 e. The molecule has 2 aliphatic rings. The van der Waals surface area contributed by atoms with E-state index in [9.17, 15) is 18.8 Å². The van der Waals surface area contributed by atoms with Crippen molar-refractivity contribution in [3.8, 4) is 11.8 Å². The first kappa shape index (κ1) is 21.7. The van der Waals surface area contributed by atoms with E-state index in [2.05, 4.69) is 20.6 Å². The van der Waals surface area contributed by atoms with Crippen LogP contribution in [0.25, 0.3) is 10.9 Å². The van der Waals surface area contributed by atoms with Gasteiger partial charge < -0.3 is 19.9 Å². The van der Waals surface area contributed by atoms with Gasteiger partial charge >= 0.3 is 5.92 Å². The lowest BCUT2D eigenvalue weighted by Crippen LogP contribution is -2.44. The Hall–Kier alpha value is -3.16. The van der Waals surface area contributed by atoms with E-state index < -0.39 is 24.1 Å². The average Bonchev–Trinajstić information content (AvgIpc) is 3.59. The van der Waals surface area contributed by atoms with E-state index in [4.69, 9.17) is 27.9 Å². The summed E-state index contributed by atoms with van der Waals surface area (Å²) in [6, 6.07) is 5.75. The van der Waals surface area contributed by atoms with Gasteiger partial charge in [-0.3, -0.25) is 4.79 Å². The summed E-state index contributed by atoms with van der Waals surface area (Å²) in [4.78, 5) is 20.6. The molecule has 33 heavy (non-hydrogen) atoms. The molecule has 0 saturated heterocycles. The SMILES string of the molecule is Cn1c(=O)c2c(c3cc(Nc4nc(Cl)nc(Cl)c4C#N)ccc31)NC(C1CC1)C(F)(F)CO2. The number of hydrogen-bond acceptors (Lipinski definition) is 7. The number of nitriles is 1. The van der Waals surface area contributed by atoms with Gasteiger partial charge in [0, 0.05) is 18.1 Å². The molecule has 0 radical (unpaired) electrons. The summed E-state index contributed by atoms with van der Waals surface area (Å²) in [7, 11) is 1.54. The number of pyridine rings is 1. The van der Waals surface area contributed by atoms with Crippen molar-refractivity contribution < 1.29 is 13.5 Å². The van der Waals surface area contributed by atoms with Gasteiger partial charge in [-0.15, -0.1) is 0 Å². The van der Waals surface area contributed by atoms with Crippen LogP contribution in [-0.2, 0) is 7.05 Å². The normalized spacial score (nSPS) is 19.1. The Bertz CT molecular complexity index is 1400. The molecular formula is C21H16Cl2F2N6O2. The van der Waals surface area contributed by atoms with Crippen molar-refractivity contribution in [1.82, 2.24) is 14.5 Å². The predicted octanol–water partition coefficient (Wildman–Crippen LogP) is 4.47. The van der Waals surface area contributed by atoms with Crippen molar-refractivity contribution in [1.29, 1.82) is 5.26 Å². The van der Waals surface area contributed by atoms with Gasteiger partial charge in [0.15, 0.2) is 17.6 Å². The van der Waals surface area contributed by atoms with Crippen LogP contribution in [0.15, 0.2) is 23.0 Å². The maximum atomic E-state index is 14.8. The second-order valence-corrected chi connectivity index (χ2v) is 8.75. The molecule has 1 saturated carbocycles. The molecule has 1 aliphatic carbocycles. The molecule has 5 rings (SSSR count). The number of nitrogens with one attached hydrogen (secondary N) is 2. The fourth-order valence-electron chi connectivity index (χ4n) is 4.02. The van der Waals surface area contributed by atoms with Gasteiger partial charge in [-0.1, -0.05) is 11.6 Å². The molecule has 3 aromatic rings. The standard InChI is InChI=1S/C21H16Cl2F2N6O2/c1-31-13-5-4-10(27-18-12(7-26)17(22)29-20(23)30-18)6-11(13)14-15(19(31)32)33-8-21(24,25)16(28-14)9-2-3-9/h4-6,9,16,28H,2-3,8H2,1H3,(H,27,29,30). The van der Waals surface area contributed by atoms with E-state index in [-0.39, 0.29) is 39.2 Å². The first-order valence-electron chi connectivity index (χ1n) is 10.0. The number of benzene rings is 1. The van der Waals surface area contributed by atoms with Crippen LogP contribution in [0.4, 0.5) is 26.0 Å². The zero-order valence-electron chi connectivity index (χ0n) is 17.1. The predicted molar refractivity (Wildman–Crippen MR) is 120 cm³/mol. The average molecular weight is 493 g/mol. The summed E-state index contributed by atoms with van der Waals surface area (Å²) in [6.07, 6.45) is 1.37. The van der Waals surface area contributed by atoms with Crippen LogP contribution in [0.5, 0.6) is 5.75 Å². The van der Waals surface area contributed by atoms with Crippen molar-refractivity contribution in [3.05, 3.63) is 44.6 Å². The summed E-state index contributed by atoms with van der Waals surface area (Å²) in [5.74, 6) is -3.40. The van der Waals surface area contributed by atoms with Gasteiger partial charge in [0.1, 0.15) is 11.6 Å². The molecule has 1 unspecified atom stereocenters. The van der Waals surface area contributed by atoms with Crippen molar-refractivity contribution in [3.63, 3.8) is 0 Å². The summed E-state index contributed by atoms with van der Waals surface area (Å²) in [5, 5.41) is 15.5. The molecule has 3 heterocycles. The van der Waals surface area contributed by atoms with Crippen LogP contribution in [0.1, 0.15) is 18.4 Å². The molecule has 8 nitrogen and oxygen atoms in total. The molecule has 1 aliphatic heterocycles. The third kappa shape index (κ3) is 3.71. The third-order valence-electron chi connectivity index (χ3n) is 5.82. The van der Waals surface area contributed by atoms with Gasteiger partial charge in [0.25, 0.3) is 5.56 Å². The van der Waals surface area contributed by atoms with Crippen LogP contribution >= 0.6 is 23.2 Å². The lowest BCUT2D eigenvalue weighted by Gasteiger charge is -2.25. The number of ether oxygens (including phenoxy) is 1. The zero-order chi connectivity index (χ0) is 23.5. The Morgan fingerprint density at radius 2 is 2.09 bits per heavy atom. The number of hydrogen-bond donors (Lipinski definition) is 2. The number of aromatic nitrogens is 3. The van der Waals surface area contributed by atoms with E-state index >= 15 is 0 Å². The lowest BCUT2D eigenvalue weighted by atomic mass is 10.0. The Morgan fingerprint density at radius 3 is 2.79 bits per heavy atom. The van der Waals surface area contributed by atoms with Crippen LogP contribution in [0.2, 0.25) is 10.4 Å². The second kappa shape index (κ2) is 7.71. The zero-order valence-corrected chi connectivity index (χ0v) is 18.6. The van der Waals surface area contributed by atoms with E-state index in [1.807, 2.05) is 6.07 Å². The molecule has 0 bridgehead atoms. The molecule has 170 valence electrons. The molecule has 12 heteroatoms. The van der Waals surface area contributed by atoms with Crippen LogP contribution in [0.3, 0.4) is 0 Å². The van der Waals surface area contributed by atoms with Crippen LogP contribution in [-0.4, -0.2) is 33.1 Å². The maximum absolute atomic E-state index is 14.8. The van der Waals surface area contributed by atoms with Crippen molar-refractivity contribution in [2.75, 3.05) is 17.2 Å². The number of halogens is 4. The molecule has 1 fully saturated rings. The summed E-state index contributed by atoms with van der Waals surface area (Å²) >= 11 is 11.9. The topological polar surface area (TPSA) is 105 Å². The lowest BCUT2D eigenvalue weighted by molar-refractivity contribution is -0.0579. The second-order valence-electron chi connectivity index (χ2n) is 8.05. The number of anilines is 3. The van der Waals surface area contributed by atoms with E-state index in [0.29, 0.717) is 29.4 Å². The van der Waals surface area contributed by atoms with Crippen molar-refractivity contribution in [2.45, 2.75) is 24.8 Å². The first-order valence-corrected chi connectivity index (χ1v) is 10.8. The molecule has 1 atom stereocenters. The minimum absolute atomic E-state index is 0.00430. The largest absolute Gasteiger partial charge is 0.480 e. The minimum Gasteiger partial charge on any atom is -0.480 e. The number of alkyl halides is 2. The Morgan fingerprint density at radius 1 is 1.33 bits per heavy atom. The van der Waals surface area contributed by atoms with Gasteiger partial charge in [0.05, 0.1) is 17.2 Å². The minimum atomic E-state index is -3.14. The quantitative estimate of drug-likeness (QED) is 0.410. The van der Waals surface area contributed by atoms with Gasteiger partial charge in [-0.2, -0.15) is 10.2 Å². The molecule has 0 spiro atoms. The summed E-state index contributed by atoms with van der Waals surface area (Å²) < 4.78 is 36.2. The highest BCUT2D eigenvalue weighted by molar-refractivity contribution is 6.33. The maximum Gasteiger partial charge on any atom is 0.301 e. The molecule has 0 amide bonds. The Kier molecular flexibility index (Phi) is 5.06. The van der Waals surface area contributed by atoms with Gasteiger partial charge in [-0.25, -0.2) is 13.8 Å². The number of fused-ring (bicyclic) bond motifs is 3. The fourth-order valence-corrected chi connectivity index (χ4v) is 4.44. The molecular weight excluding hydrogens is 477 g/mol. The third-order valence-corrected chi connectivity index (χ3v) is 6.27. The summed E-state index contributed by atoms with van der Waals surface area (Å²) in [5.41, 5.74) is 0.672. The van der Waals surface area contributed by atoms with Gasteiger partial charge in [-0.05, 0) is 48.6 Å². The van der Waals surface area contributed by atoms with Crippen molar-refractivity contribution in [2.24, 2.45) is 13.0 Å². The number of aryl methyl sites for hydroxylation is 1. The highest BCUT2D eigenvalue weighted by Crippen LogP contribution is 2.45. The van der Waals surface area contributed by atoms with Crippen LogP contribution < -0.4 is 20.9 Å². The monoisotopic (exact) mass is 492 g/mol. The van der Waals surface area contributed by atoms with E-state index in [0.717, 1.165) is 0 Å². The van der Waals surface area contributed by atoms with Gasteiger partial charge in [0.2, 0.25) is 11.0 Å². The Balaban J connectivity index is 1.66. The fraction of sp³-hybridized carbons (Fsp3) is 0.333. The summed E-state index contributed by atoms with van der Waals surface area (Å²) in [6.45, 7) is -0.879. The van der Waals surface area contributed by atoms with Crippen LogP contribution in [0, 0.1) is 17.2 Å². The van der Waals surface area contributed by atoms with Crippen molar-refractivity contribution >= 4 is 51.3 Å². The Labute approximate surface area is 196 Å². The number of rotatable bonds is 3. The first-order chi connectivity index (χ1) is 15.7. The molecule has 2 N–H and O–H groups in total. The van der Waals surface area contributed by atoms with E-state index in [1.54, 1.807) is 25.2 Å². The number of nitrogens with zero attached hydrogens (tertiary/aromatic N) is 4. The highest BCUT2D eigenvalue weighted by Gasteiger charge is 2.51. The highest BCUT2D eigenvalue weighted by atomic mass is 35.5.